The van der Waals surface area contributed by atoms with Crippen LogP contribution < -0.4 is 0 Å². The Morgan fingerprint density at radius 3 is 2.53 bits per heavy atom. The summed E-state index contributed by atoms with van der Waals surface area (Å²) in [7, 11) is 0. The van der Waals surface area contributed by atoms with Crippen LogP contribution in [0.1, 0.15) is 45.4 Å². The molecular formula is C13H22IN. The highest BCUT2D eigenvalue weighted by molar-refractivity contribution is 14.1. The van der Waals surface area contributed by atoms with Crippen molar-refractivity contribution in [2.24, 2.45) is 0 Å². The van der Waals surface area contributed by atoms with Crippen LogP contribution in [0.3, 0.4) is 0 Å². The van der Waals surface area contributed by atoms with Gasteiger partial charge in [0.05, 0.1) is 4.05 Å². The van der Waals surface area contributed by atoms with Crippen molar-refractivity contribution in [3.05, 3.63) is 24.4 Å². The van der Waals surface area contributed by atoms with Gasteiger partial charge in [0.15, 0.2) is 0 Å². The molecule has 0 bridgehead atoms. The van der Waals surface area contributed by atoms with Crippen LogP contribution in [-0.2, 0) is 0 Å². The summed E-state index contributed by atoms with van der Waals surface area (Å²) in [4.78, 5) is 2.42. The molecule has 0 amide bonds. The van der Waals surface area contributed by atoms with Crippen molar-refractivity contribution in [1.29, 1.82) is 0 Å². The van der Waals surface area contributed by atoms with Gasteiger partial charge in [-0.25, -0.2) is 0 Å². The van der Waals surface area contributed by atoms with Crippen LogP contribution in [0.15, 0.2) is 24.4 Å². The lowest BCUT2D eigenvalue weighted by Crippen LogP contribution is -2.26. The zero-order valence-electron chi connectivity index (χ0n) is 9.66. The van der Waals surface area contributed by atoms with E-state index in [0.29, 0.717) is 4.05 Å². The van der Waals surface area contributed by atoms with E-state index in [-0.39, 0.29) is 0 Å². The topological polar surface area (TPSA) is 3.24 Å². The summed E-state index contributed by atoms with van der Waals surface area (Å²) in [5.74, 6) is 0. The van der Waals surface area contributed by atoms with Crippen LogP contribution in [0.4, 0.5) is 0 Å². The lowest BCUT2D eigenvalue weighted by atomic mass is 10.1. The molecule has 0 saturated carbocycles. The summed E-state index contributed by atoms with van der Waals surface area (Å²) in [6.07, 6.45) is 17.0. The molecule has 1 aliphatic rings. The van der Waals surface area contributed by atoms with Crippen molar-refractivity contribution in [1.82, 2.24) is 4.90 Å². The van der Waals surface area contributed by atoms with Crippen LogP contribution in [0.5, 0.6) is 0 Å². The lowest BCUT2D eigenvalue weighted by Gasteiger charge is -2.26. The highest BCUT2D eigenvalue weighted by atomic mass is 127. The van der Waals surface area contributed by atoms with E-state index in [0.717, 1.165) is 0 Å². The summed E-state index contributed by atoms with van der Waals surface area (Å²) >= 11 is 2.48. The lowest BCUT2D eigenvalue weighted by molar-refractivity contribution is 0.381. The highest BCUT2D eigenvalue weighted by Gasteiger charge is 2.08. The molecule has 1 aliphatic heterocycles. The van der Waals surface area contributed by atoms with E-state index in [1.54, 1.807) is 0 Å². The normalized spacial score (nSPS) is 19.9. The molecule has 0 aromatic heterocycles. The highest BCUT2D eigenvalue weighted by Crippen LogP contribution is 2.16. The molecule has 0 fully saturated rings. The fraction of sp³-hybridized carbons (Fsp3) is 0.692. The minimum absolute atomic E-state index is 0.559. The Bertz CT molecular complexity index is 211. The first-order valence-corrected chi connectivity index (χ1v) is 7.34. The molecule has 0 spiro atoms. The minimum atomic E-state index is 0.559. The zero-order chi connectivity index (χ0) is 10.9. The maximum atomic E-state index is 2.48. The molecule has 2 heteroatoms. The van der Waals surface area contributed by atoms with Crippen LogP contribution in [0.2, 0.25) is 0 Å². The average Bonchev–Trinajstić information content (AvgIpc) is 2.25. The molecule has 1 atom stereocenters. The maximum absolute atomic E-state index is 2.48. The van der Waals surface area contributed by atoms with Crippen molar-refractivity contribution >= 4 is 22.6 Å². The van der Waals surface area contributed by atoms with Gasteiger partial charge in [-0.2, -0.15) is 0 Å². The Labute approximate surface area is 108 Å². The molecule has 1 unspecified atom stereocenters. The van der Waals surface area contributed by atoms with Gasteiger partial charge >= 0.3 is 0 Å². The number of allylic oxidation sites excluding steroid dienone is 2. The van der Waals surface area contributed by atoms with Crippen molar-refractivity contribution in [3.63, 3.8) is 0 Å². The summed E-state index contributed by atoms with van der Waals surface area (Å²) < 4.78 is 0.559. The van der Waals surface area contributed by atoms with Gasteiger partial charge < -0.3 is 4.90 Å². The number of unbranched alkanes of at least 4 members (excludes halogenated alkanes) is 5. The van der Waals surface area contributed by atoms with E-state index in [9.17, 15) is 0 Å². The summed E-state index contributed by atoms with van der Waals surface area (Å²) in [6, 6.07) is 0. The molecule has 0 N–H and O–H groups in total. The smallest absolute Gasteiger partial charge is 0.0990 e. The first-order chi connectivity index (χ1) is 7.34. The Hall–Kier alpha value is 0.01000. The number of alkyl halides is 1. The average molecular weight is 319 g/mol. The van der Waals surface area contributed by atoms with E-state index in [1.807, 2.05) is 0 Å². The number of rotatable bonds is 7. The standard InChI is InChI=1S/C13H22IN/c1-2-3-4-5-6-8-11-15-12-9-7-10-13(15)14/h7,9-10,12-13H,2-6,8,11H2,1H3. The van der Waals surface area contributed by atoms with E-state index in [1.165, 1.54) is 45.1 Å². The van der Waals surface area contributed by atoms with Crippen molar-refractivity contribution < 1.29 is 0 Å². The van der Waals surface area contributed by atoms with Crippen molar-refractivity contribution in [2.45, 2.75) is 49.5 Å². The molecule has 1 rings (SSSR count). The third-order valence-corrected chi connectivity index (χ3v) is 3.88. The van der Waals surface area contributed by atoms with Gasteiger partial charge in [0, 0.05) is 12.7 Å². The van der Waals surface area contributed by atoms with E-state index in [4.69, 9.17) is 0 Å². The second-order valence-corrected chi connectivity index (χ2v) is 5.38. The Morgan fingerprint density at radius 2 is 1.80 bits per heavy atom. The molecular weight excluding hydrogens is 297 g/mol. The third-order valence-electron chi connectivity index (χ3n) is 2.75. The molecule has 86 valence electrons. The van der Waals surface area contributed by atoms with Crippen LogP contribution >= 0.6 is 22.6 Å². The van der Waals surface area contributed by atoms with E-state index in [2.05, 4.69) is 58.8 Å². The van der Waals surface area contributed by atoms with Crippen LogP contribution in [0, 0.1) is 0 Å². The number of halogens is 1. The Morgan fingerprint density at radius 1 is 1.07 bits per heavy atom. The van der Waals surface area contributed by atoms with Gasteiger partial charge in [-0.15, -0.1) is 0 Å². The molecule has 15 heavy (non-hydrogen) atoms. The SMILES string of the molecule is CCCCCCCCN1C=CC=CC1I. The van der Waals surface area contributed by atoms with Crippen LogP contribution in [0.25, 0.3) is 0 Å². The largest absolute Gasteiger partial charge is 0.362 e. The number of hydrogen-bond donors (Lipinski definition) is 0. The predicted octanol–water partition coefficient (Wildman–Crippen LogP) is 4.49. The van der Waals surface area contributed by atoms with Gasteiger partial charge in [-0.05, 0) is 12.5 Å². The van der Waals surface area contributed by atoms with Gasteiger partial charge in [0.1, 0.15) is 0 Å². The molecule has 1 heterocycles. The summed E-state index contributed by atoms with van der Waals surface area (Å²) in [5.41, 5.74) is 0. The minimum Gasteiger partial charge on any atom is -0.362 e. The molecule has 0 aliphatic carbocycles. The van der Waals surface area contributed by atoms with Crippen LogP contribution in [-0.4, -0.2) is 15.5 Å². The summed E-state index contributed by atoms with van der Waals surface area (Å²) in [6.45, 7) is 3.48. The quantitative estimate of drug-likeness (QED) is 0.289. The molecule has 0 saturated heterocycles. The molecule has 1 nitrogen and oxygen atoms in total. The summed E-state index contributed by atoms with van der Waals surface area (Å²) in [5, 5.41) is 0. The van der Waals surface area contributed by atoms with Gasteiger partial charge in [-0.3, -0.25) is 0 Å². The number of nitrogens with zero attached hydrogens (tertiary/aromatic N) is 1. The van der Waals surface area contributed by atoms with Gasteiger partial charge in [0.2, 0.25) is 0 Å². The van der Waals surface area contributed by atoms with E-state index >= 15 is 0 Å². The van der Waals surface area contributed by atoms with Crippen molar-refractivity contribution in [2.75, 3.05) is 6.54 Å². The predicted molar refractivity (Wildman–Crippen MR) is 76.2 cm³/mol. The molecule has 0 aromatic carbocycles. The fourth-order valence-corrected chi connectivity index (χ4v) is 2.49. The second kappa shape index (κ2) is 8.20. The van der Waals surface area contributed by atoms with E-state index < -0.39 is 0 Å². The van der Waals surface area contributed by atoms with Crippen molar-refractivity contribution in [3.8, 4) is 0 Å². The molecule has 0 radical (unpaired) electrons. The third kappa shape index (κ3) is 5.59. The number of hydrogen-bond acceptors (Lipinski definition) is 1. The zero-order valence-corrected chi connectivity index (χ0v) is 11.8. The van der Waals surface area contributed by atoms with Gasteiger partial charge in [0.25, 0.3) is 0 Å². The first kappa shape index (κ1) is 13.1. The monoisotopic (exact) mass is 319 g/mol. The molecule has 0 aromatic rings. The maximum Gasteiger partial charge on any atom is 0.0990 e. The Balaban J connectivity index is 2.00. The first-order valence-electron chi connectivity index (χ1n) is 6.09. The van der Waals surface area contributed by atoms with Gasteiger partial charge in [-0.1, -0.05) is 73.8 Å². The Kier molecular flexibility index (Phi) is 7.14. The second-order valence-electron chi connectivity index (χ2n) is 4.10. The fourth-order valence-electron chi connectivity index (χ4n) is 1.78.